The van der Waals surface area contributed by atoms with Crippen LogP contribution in [0.3, 0.4) is 0 Å². The van der Waals surface area contributed by atoms with Crippen LogP contribution in [-0.2, 0) is 0 Å². The van der Waals surface area contributed by atoms with Crippen molar-refractivity contribution in [2.45, 2.75) is 18.8 Å². The molecule has 0 spiro atoms. The van der Waals surface area contributed by atoms with Gasteiger partial charge < -0.3 is 4.74 Å². The van der Waals surface area contributed by atoms with Gasteiger partial charge in [0.25, 0.3) is 0 Å². The third kappa shape index (κ3) is 3.24. The highest BCUT2D eigenvalue weighted by atomic mass is 19.1. The second-order valence-electron chi connectivity index (χ2n) is 5.80. The van der Waals surface area contributed by atoms with Crippen molar-refractivity contribution in [3.05, 3.63) is 78.2 Å². The maximum Gasteiger partial charge on any atom is 0.127 e. The van der Waals surface area contributed by atoms with Crippen molar-refractivity contribution in [2.24, 2.45) is 0 Å². The normalized spacial score (nSPS) is 13.8. The van der Waals surface area contributed by atoms with E-state index in [4.69, 9.17) is 9.72 Å². The minimum atomic E-state index is -0.269. The van der Waals surface area contributed by atoms with Crippen molar-refractivity contribution >= 4 is 0 Å². The number of hydrogen-bond donors (Lipinski definition) is 0. The fourth-order valence-corrected chi connectivity index (χ4v) is 2.55. The molecule has 1 fully saturated rings. The van der Waals surface area contributed by atoms with Crippen molar-refractivity contribution in [1.29, 1.82) is 0 Å². The number of hydrogen-bond acceptors (Lipinski definition) is 2. The van der Waals surface area contributed by atoms with Crippen LogP contribution in [0.2, 0.25) is 0 Å². The van der Waals surface area contributed by atoms with Crippen molar-refractivity contribution < 1.29 is 9.13 Å². The second-order valence-corrected chi connectivity index (χ2v) is 5.80. The van der Waals surface area contributed by atoms with Gasteiger partial charge in [0.15, 0.2) is 0 Å². The van der Waals surface area contributed by atoms with E-state index in [1.54, 1.807) is 12.1 Å². The van der Waals surface area contributed by atoms with Gasteiger partial charge in [-0.25, -0.2) is 4.39 Å². The summed E-state index contributed by atoms with van der Waals surface area (Å²) >= 11 is 0. The number of benzene rings is 2. The Bertz CT molecular complexity index is 808. The molecule has 3 heteroatoms. The van der Waals surface area contributed by atoms with E-state index < -0.39 is 0 Å². The van der Waals surface area contributed by atoms with Gasteiger partial charge in [0.1, 0.15) is 17.3 Å². The Labute approximate surface area is 134 Å². The average Bonchev–Trinajstić information content (AvgIpc) is 3.43. The smallest absolute Gasteiger partial charge is 0.127 e. The fourth-order valence-electron chi connectivity index (χ4n) is 2.55. The minimum Gasteiger partial charge on any atom is -0.457 e. The highest BCUT2D eigenvalue weighted by Crippen LogP contribution is 2.39. The minimum absolute atomic E-state index is 0.269. The molecule has 0 amide bonds. The zero-order chi connectivity index (χ0) is 15.6. The number of halogens is 1. The molecule has 1 aromatic heterocycles. The van der Waals surface area contributed by atoms with Crippen LogP contribution < -0.4 is 4.74 Å². The quantitative estimate of drug-likeness (QED) is 0.629. The zero-order valence-electron chi connectivity index (χ0n) is 12.6. The lowest BCUT2D eigenvalue weighted by Crippen LogP contribution is -1.90. The summed E-state index contributed by atoms with van der Waals surface area (Å²) in [5, 5.41) is 0. The van der Waals surface area contributed by atoms with Gasteiger partial charge in [-0.3, -0.25) is 4.98 Å². The molecule has 0 atom stereocenters. The molecule has 1 aliphatic rings. The van der Waals surface area contributed by atoms with E-state index in [-0.39, 0.29) is 5.82 Å². The van der Waals surface area contributed by atoms with Gasteiger partial charge in [0, 0.05) is 17.2 Å². The lowest BCUT2D eigenvalue weighted by molar-refractivity contribution is 0.480. The third-order valence-electron chi connectivity index (χ3n) is 3.97. The monoisotopic (exact) mass is 305 g/mol. The van der Waals surface area contributed by atoms with E-state index in [2.05, 4.69) is 12.1 Å². The van der Waals surface area contributed by atoms with E-state index in [0.717, 1.165) is 17.0 Å². The van der Waals surface area contributed by atoms with E-state index >= 15 is 0 Å². The van der Waals surface area contributed by atoms with Crippen LogP contribution in [-0.4, -0.2) is 4.98 Å². The molecule has 0 saturated heterocycles. The maximum atomic E-state index is 12.9. The number of aromatic nitrogens is 1. The number of rotatable bonds is 4. The highest BCUT2D eigenvalue weighted by molar-refractivity contribution is 5.60. The van der Waals surface area contributed by atoms with Crippen LogP contribution in [0.25, 0.3) is 11.3 Å². The summed E-state index contributed by atoms with van der Waals surface area (Å²) in [4.78, 5) is 4.75. The van der Waals surface area contributed by atoms with Crippen LogP contribution in [0.15, 0.2) is 66.7 Å². The fraction of sp³-hybridized carbons (Fsp3) is 0.150. The van der Waals surface area contributed by atoms with Gasteiger partial charge in [-0.05, 0) is 73.5 Å². The SMILES string of the molecule is Fc1ccc(Oc2ccc(-c3cccc(C4CC4)n3)cc2)cc1. The molecule has 0 N–H and O–H groups in total. The number of pyridine rings is 1. The lowest BCUT2D eigenvalue weighted by atomic mass is 10.1. The summed E-state index contributed by atoms with van der Waals surface area (Å²) in [6.45, 7) is 0. The second kappa shape index (κ2) is 5.84. The molecule has 114 valence electrons. The van der Waals surface area contributed by atoms with E-state index in [0.29, 0.717) is 11.7 Å². The summed E-state index contributed by atoms with van der Waals surface area (Å²) in [6, 6.07) is 20.0. The van der Waals surface area contributed by atoms with Crippen molar-refractivity contribution in [1.82, 2.24) is 4.98 Å². The van der Waals surface area contributed by atoms with Gasteiger partial charge >= 0.3 is 0 Å². The topological polar surface area (TPSA) is 22.1 Å². The summed E-state index contributed by atoms with van der Waals surface area (Å²) in [5.41, 5.74) is 3.25. The molecule has 4 rings (SSSR count). The third-order valence-corrected chi connectivity index (χ3v) is 3.97. The Morgan fingerprint density at radius 3 is 2.13 bits per heavy atom. The molecular weight excluding hydrogens is 289 g/mol. The number of ether oxygens (including phenoxy) is 1. The summed E-state index contributed by atoms with van der Waals surface area (Å²) in [7, 11) is 0. The molecule has 1 saturated carbocycles. The Morgan fingerprint density at radius 2 is 1.48 bits per heavy atom. The van der Waals surface area contributed by atoms with Crippen LogP contribution in [0.1, 0.15) is 24.5 Å². The summed E-state index contributed by atoms with van der Waals surface area (Å²) in [5.74, 6) is 1.72. The molecule has 0 bridgehead atoms. The molecule has 1 heterocycles. The molecule has 3 aromatic rings. The first-order chi connectivity index (χ1) is 11.3. The van der Waals surface area contributed by atoms with Crippen molar-refractivity contribution in [2.75, 3.05) is 0 Å². The van der Waals surface area contributed by atoms with Gasteiger partial charge in [0.05, 0.1) is 5.69 Å². The van der Waals surface area contributed by atoms with E-state index in [1.807, 2.05) is 30.3 Å². The van der Waals surface area contributed by atoms with Crippen molar-refractivity contribution in [3.63, 3.8) is 0 Å². The first kappa shape index (κ1) is 13.9. The Morgan fingerprint density at radius 1 is 0.826 bits per heavy atom. The van der Waals surface area contributed by atoms with Crippen LogP contribution in [0.5, 0.6) is 11.5 Å². The van der Waals surface area contributed by atoms with Crippen LogP contribution in [0.4, 0.5) is 4.39 Å². The maximum absolute atomic E-state index is 12.9. The lowest BCUT2D eigenvalue weighted by Gasteiger charge is -2.07. The Kier molecular flexibility index (Phi) is 3.54. The van der Waals surface area contributed by atoms with Gasteiger partial charge in [-0.15, -0.1) is 0 Å². The van der Waals surface area contributed by atoms with Crippen molar-refractivity contribution in [3.8, 4) is 22.8 Å². The largest absolute Gasteiger partial charge is 0.457 e. The molecule has 0 aliphatic heterocycles. The summed E-state index contributed by atoms with van der Waals surface area (Å²) in [6.07, 6.45) is 2.50. The average molecular weight is 305 g/mol. The first-order valence-corrected chi connectivity index (χ1v) is 7.79. The Hall–Kier alpha value is -2.68. The van der Waals surface area contributed by atoms with E-state index in [1.165, 1.54) is 30.7 Å². The van der Waals surface area contributed by atoms with E-state index in [9.17, 15) is 4.39 Å². The molecule has 0 radical (unpaired) electrons. The van der Waals surface area contributed by atoms with Crippen LogP contribution >= 0.6 is 0 Å². The van der Waals surface area contributed by atoms with Gasteiger partial charge in [-0.2, -0.15) is 0 Å². The van der Waals surface area contributed by atoms with Gasteiger partial charge in [0.2, 0.25) is 0 Å². The molecule has 2 nitrogen and oxygen atoms in total. The molecule has 23 heavy (non-hydrogen) atoms. The predicted molar refractivity (Wildman–Crippen MR) is 88.1 cm³/mol. The molecule has 0 unspecified atom stereocenters. The zero-order valence-corrected chi connectivity index (χ0v) is 12.6. The Balaban J connectivity index is 1.53. The highest BCUT2D eigenvalue weighted by Gasteiger charge is 2.24. The van der Waals surface area contributed by atoms with Crippen LogP contribution in [0, 0.1) is 5.82 Å². The predicted octanol–water partition coefficient (Wildman–Crippen LogP) is 5.56. The molecule has 2 aromatic carbocycles. The molecule has 1 aliphatic carbocycles. The van der Waals surface area contributed by atoms with Gasteiger partial charge in [-0.1, -0.05) is 6.07 Å². The number of nitrogens with zero attached hydrogens (tertiary/aromatic N) is 1. The summed E-state index contributed by atoms with van der Waals surface area (Å²) < 4.78 is 18.6. The molecular formula is C20H16FNO. The standard InChI is InChI=1S/C20H16FNO/c21-16-8-12-18(13-9-16)23-17-10-6-15(7-11-17)20-3-1-2-19(22-20)14-4-5-14/h1-3,6-14H,4-5H2. The first-order valence-electron chi connectivity index (χ1n) is 7.79.